The number of hydrogen-bond donors (Lipinski definition) is 4. The quantitative estimate of drug-likeness (QED) is 0.0301. The molecule has 0 radical (unpaired) electrons. The number of oxime groups is 2. The van der Waals surface area contributed by atoms with Gasteiger partial charge in [-0.15, -0.1) is 0 Å². The number of nitrogens with zero attached hydrogens (tertiary/aromatic N) is 4. The lowest BCUT2D eigenvalue weighted by atomic mass is 9.81. The molecule has 6 aromatic rings. The zero-order valence-electron chi connectivity index (χ0n) is 33.1. The SMILES string of the molecule is C/C(=N\OCc1ccc([N+](=O)[O-])cc1)c1cc(O)c(C)cc1-c1ccccc1.C/C(=N\OCc1ccc([N+](=O)[O-])cc1)c1cc(O)c(C)cc1I.OB(O)c1ccccc1. The highest BCUT2D eigenvalue weighted by Crippen LogP contribution is 2.31. The molecule has 0 saturated carbocycles. The van der Waals surface area contributed by atoms with E-state index in [1.54, 1.807) is 67.6 Å². The fourth-order valence-electron chi connectivity index (χ4n) is 5.35. The molecule has 0 saturated heterocycles. The number of nitro groups is 2. The molecule has 0 aromatic heterocycles. The zero-order chi connectivity index (χ0) is 43.8. The van der Waals surface area contributed by atoms with E-state index in [1.165, 1.54) is 24.3 Å². The van der Waals surface area contributed by atoms with E-state index >= 15 is 0 Å². The first kappa shape index (κ1) is 46.1. The summed E-state index contributed by atoms with van der Waals surface area (Å²) in [4.78, 5) is 31.1. The van der Waals surface area contributed by atoms with Gasteiger partial charge in [0.2, 0.25) is 0 Å². The molecule has 0 bridgehead atoms. The molecule has 4 N–H and O–H groups in total. The van der Waals surface area contributed by atoms with Crippen LogP contribution in [0.2, 0.25) is 0 Å². The molecule has 6 rings (SSSR count). The van der Waals surface area contributed by atoms with E-state index in [4.69, 9.17) is 19.7 Å². The van der Waals surface area contributed by atoms with E-state index in [9.17, 15) is 30.4 Å². The lowest BCUT2D eigenvalue weighted by Crippen LogP contribution is -2.29. The van der Waals surface area contributed by atoms with Crippen LogP contribution in [0, 0.1) is 37.6 Å². The van der Waals surface area contributed by atoms with Crippen molar-refractivity contribution in [2.24, 2.45) is 10.3 Å². The predicted molar refractivity (Wildman–Crippen MR) is 240 cm³/mol. The van der Waals surface area contributed by atoms with Gasteiger partial charge < -0.3 is 29.9 Å². The van der Waals surface area contributed by atoms with Crippen molar-refractivity contribution in [3.05, 3.63) is 191 Å². The van der Waals surface area contributed by atoms with Gasteiger partial charge in [-0.2, -0.15) is 0 Å². The fraction of sp³-hybridized carbons (Fsp3) is 0.136. The molecule has 0 atom stereocenters. The number of hydrogen-bond acceptors (Lipinski definition) is 12. The number of nitro benzene ring substituents is 2. The van der Waals surface area contributed by atoms with Gasteiger partial charge in [0.25, 0.3) is 11.4 Å². The number of phenols is 2. The van der Waals surface area contributed by atoms with Crippen molar-refractivity contribution in [2.45, 2.75) is 40.9 Å². The van der Waals surface area contributed by atoms with E-state index in [0.717, 1.165) is 48.1 Å². The molecule has 0 aliphatic heterocycles. The lowest BCUT2D eigenvalue weighted by Gasteiger charge is -2.12. The molecule has 0 heterocycles. The first-order valence-corrected chi connectivity index (χ1v) is 19.3. The number of halogens is 1. The van der Waals surface area contributed by atoms with E-state index < -0.39 is 17.0 Å². The van der Waals surface area contributed by atoms with Crippen LogP contribution in [0.4, 0.5) is 11.4 Å². The highest BCUT2D eigenvalue weighted by molar-refractivity contribution is 14.1. The van der Waals surface area contributed by atoms with Crippen LogP contribution in [0.1, 0.15) is 47.2 Å². The van der Waals surface area contributed by atoms with Crippen molar-refractivity contribution in [1.29, 1.82) is 0 Å². The molecule has 60 heavy (non-hydrogen) atoms. The Balaban J connectivity index is 0.000000222. The minimum Gasteiger partial charge on any atom is -0.508 e. The molecule has 0 amide bonds. The number of rotatable bonds is 12. The van der Waals surface area contributed by atoms with Crippen LogP contribution in [-0.4, -0.2) is 48.6 Å². The van der Waals surface area contributed by atoms with Gasteiger partial charge in [-0.25, -0.2) is 0 Å². The lowest BCUT2D eigenvalue weighted by molar-refractivity contribution is -0.385. The van der Waals surface area contributed by atoms with Crippen molar-refractivity contribution in [3.63, 3.8) is 0 Å². The number of benzene rings is 6. The van der Waals surface area contributed by atoms with Gasteiger partial charge in [0.1, 0.15) is 24.7 Å². The van der Waals surface area contributed by atoms with Crippen LogP contribution >= 0.6 is 22.6 Å². The Kier molecular flexibility index (Phi) is 17.3. The Morgan fingerprint density at radius 1 is 0.633 bits per heavy atom. The summed E-state index contributed by atoms with van der Waals surface area (Å²) >= 11 is 2.18. The average molecular weight is 925 g/mol. The van der Waals surface area contributed by atoms with Gasteiger partial charge in [0.05, 0.1) is 21.3 Å². The molecule has 0 spiro atoms. The summed E-state index contributed by atoms with van der Waals surface area (Å²) in [6.07, 6.45) is 0. The van der Waals surface area contributed by atoms with Crippen LogP contribution < -0.4 is 5.46 Å². The molecule has 16 heteroatoms. The third-order valence-electron chi connectivity index (χ3n) is 8.74. The van der Waals surface area contributed by atoms with E-state index in [0.29, 0.717) is 16.9 Å². The zero-order valence-corrected chi connectivity index (χ0v) is 35.3. The molecule has 0 aliphatic rings. The van der Waals surface area contributed by atoms with Crippen molar-refractivity contribution in [3.8, 4) is 22.6 Å². The standard InChI is InChI=1S/C22H20N2O4.C16H15IN2O4.C6H7BO2/c1-15-12-21(18-6-4-3-5-7-18)20(13-22(15)25)16(2)23-28-14-17-8-10-19(11-9-17)24(26)27;1-10-7-15(17)14(8-16(10)20)11(2)18-23-9-12-3-5-13(6-4-12)19(21)22;8-7(9)6-4-2-1-3-5-6/h3-13,25H,14H2,1-2H3;3-8,20H,9H2,1-2H3;1-5,8-9H/b23-16+;18-11+;. The Hall–Kier alpha value is -6.63. The van der Waals surface area contributed by atoms with E-state index in [-0.39, 0.29) is 36.1 Å². The maximum Gasteiger partial charge on any atom is 0.488 e. The maximum absolute atomic E-state index is 10.7. The third kappa shape index (κ3) is 13.7. The fourth-order valence-corrected chi connectivity index (χ4v) is 6.36. The van der Waals surface area contributed by atoms with Crippen LogP contribution in [0.3, 0.4) is 0 Å². The Labute approximate surface area is 360 Å². The second-order valence-electron chi connectivity index (χ2n) is 13.2. The van der Waals surface area contributed by atoms with Crippen LogP contribution in [0.25, 0.3) is 11.1 Å². The van der Waals surface area contributed by atoms with Gasteiger partial charge in [-0.3, -0.25) is 20.2 Å². The number of non-ortho nitro benzene ring substituents is 2. The summed E-state index contributed by atoms with van der Waals surface area (Å²) in [6.45, 7) is 7.69. The summed E-state index contributed by atoms with van der Waals surface area (Å²) < 4.78 is 0.970. The summed E-state index contributed by atoms with van der Waals surface area (Å²) in [7, 11) is -1.34. The maximum atomic E-state index is 10.7. The second kappa shape index (κ2) is 22.5. The topological polar surface area (TPSA) is 210 Å². The van der Waals surface area contributed by atoms with Gasteiger partial charge >= 0.3 is 7.12 Å². The smallest absolute Gasteiger partial charge is 0.488 e. The molecule has 0 unspecified atom stereocenters. The summed E-state index contributed by atoms with van der Waals surface area (Å²) in [5.41, 5.74) is 8.56. The van der Waals surface area contributed by atoms with Crippen molar-refractivity contribution < 1.29 is 39.8 Å². The number of phenolic OH excluding ortho intramolecular Hbond substituents is 2. The molecule has 0 aliphatic carbocycles. The van der Waals surface area contributed by atoms with Crippen LogP contribution in [0.5, 0.6) is 11.5 Å². The van der Waals surface area contributed by atoms with Crippen molar-refractivity contribution in [1.82, 2.24) is 0 Å². The first-order valence-electron chi connectivity index (χ1n) is 18.2. The van der Waals surface area contributed by atoms with Gasteiger partial charge in [-0.05, 0) is 138 Å². The molecule has 0 fully saturated rings. The van der Waals surface area contributed by atoms with E-state index in [1.807, 2.05) is 69.3 Å². The Bertz CT molecular complexity index is 2430. The van der Waals surface area contributed by atoms with E-state index in [2.05, 4.69) is 32.9 Å². The second-order valence-corrected chi connectivity index (χ2v) is 14.4. The van der Waals surface area contributed by atoms with Crippen LogP contribution in [-0.2, 0) is 22.9 Å². The highest BCUT2D eigenvalue weighted by atomic mass is 127. The van der Waals surface area contributed by atoms with Gasteiger partial charge in [0, 0.05) is 39.0 Å². The minimum absolute atomic E-state index is 0.0334. The van der Waals surface area contributed by atoms with Gasteiger partial charge in [-0.1, -0.05) is 71.0 Å². The highest BCUT2D eigenvalue weighted by Gasteiger charge is 2.13. The molecule has 14 nitrogen and oxygen atoms in total. The number of aromatic hydroxyl groups is 2. The minimum atomic E-state index is -1.34. The largest absolute Gasteiger partial charge is 0.508 e. The van der Waals surface area contributed by atoms with Crippen LogP contribution in [0.15, 0.2) is 144 Å². The van der Waals surface area contributed by atoms with Gasteiger partial charge in [0.15, 0.2) is 0 Å². The Morgan fingerprint density at radius 3 is 1.48 bits per heavy atom. The summed E-state index contributed by atoms with van der Waals surface area (Å²) in [5.74, 6) is 0.407. The first-order chi connectivity index (χ1) is 28.6. The van der Waals surface area contributed by atoms with Crippen molar-refractivity contribution in [2.75, 3.05) is 0 Å². The molecule has 6 aromatic carbocycles. The summed E-state index contributed by atoms with van der Waals surface area (Å²) in [6, 6.07) is 37.9. The van der Waals surface area contributed by atoms with Crippen molar-refractivity contribution >= 4 is 58.0 Å². The summed E-state index contributed by atoms with van der Waals surface area (Å²) in [5, 5.41) is 66.6. The normalized spacial score (nSPS) is 11.0. The molecule has 308 valence electrons. The third-order valence-corrected chi connectivity index (χ3v) is 9.64. The number of aryl methyl sites for hydroxylation is 2. The molecular formula is C44H42BIN4O10. The monoisotopic (exact) mass is 924 g/mol. The predicted octanol–water partition coefficient (Wildman–Crippen LogP) is 8.74. The molecular weight excluding hydrogens is 882 g/mol. The average Bonchev–Trinajstić information content (AvgIpc) is 3.24. The Morgan fingerprint density at radius 2 is 1.05 bits per heavy atom.